The van der Waals surface area contributed by atoms with Crippen molar-refractivity contribution >= 4 is 27.4 Å². The monoisotopic (exact) mass is 433 g/mol. The quantitative estimate of drug-likeness (QED) is 0.568. The number of hydrogen-bond acceptors (Lipinski definition) is 6. The van der Waals surface area contributed by atoms with Gasteiger partial charge in [0.25, 0.3) is 0 Å². The second-order valence-corrected chi connectivity index (χ2v) is 8.30. The summed E-state index contributed by atoms with van der Waals surface area (Å²) >= 11 is 3.69. The molecule has 0 amide bonds. The van der Waals surface area contributed by atoms with Crippen molar-refractivity contribution in [3.63, 3.8) is 0 Å². The van der Waals surface area contributed by atoms with Gasteiger partial charge >= 0.3 is 0 Å². The molecule has 3 aliphatic rings. The summed E-state index contributed by atoms with van der Waals surface area (Å²) in [7, 11) is 2.04. The Kier molecular flexibility index (Phi) is 5.71. The van der Waals surface area contributed by atoms with E-state index in [-0.39, 0.29) is 4.95 Å². The fourth-order valence-corrected chi connectivity index (χ4v) is 4.27. The zero-order valence-corrected chi connectivity index (χ0v) is 17.6. The van der Waals surface area contributed by atoms with Gasteiger partial charge in [-0.3, -0.25) is 4.90 Å². The number of nitrogens with zero attached hydrogens (tertiary/aromatic N) is 4. The second-order valence-electron chi connectivity index (χ2n) is 7.43. The predicted molar refractivity (Wildman–Crippen MR) is 113 cm³/mol. The van der Waals surface area contributed by atoms with Crippen molar-refractivity contribution in [2.75, 3.05) is 50.1 Å². The highest BCUT2D eigenvalue weighted by Crippen LogP contribution is 2.26. The van der Waals surface area contributed by atoms with Crippen molar-refractivity contribution in [1.82, 2.24) is 14.8 Å². The lowest BCUT2D eigenvalue weighted by molar-refractivity contribution is -0.0698. The van der Waals surface area contributed by atoms with E-state index in [1.165, 1.54) is 5.69 Å². The summed E-state index contributed by atoms with van der Waals surface area (Å²) in [5.74, 6) is 0.872. The van der Waals surface area contributed by atoms with Crippen LogP contribution in [0.1, 0.15) is 13.3 Å². The minimum Gasteiger partial charge on any atom is -0.378 e. The van der Waals surface area contributed by atoms with Crippen molar-refractivity contribution in [3.05, 3.63) is 42.4 Å². The van der Waals surface area contributed by atoms with E-state index < -0.39 is 0 Å². The third-order valence-electron chi connectivity index (χ3n) is 5.69. The molecule has 2 atom stereocenters. The first-order valence-corrected chi connectivity index (χ1v) is 10.6. The average Bonchev–Trinajstić information content (AvgIpc) is 2.65. The number of ether oxygens (including phenoxy) is 1. The second kappa shape index (κ2) is 8.20. The Bertz CT molecular complexity index is 703. The highest BCUT2D eigenvalue weighted by molar-refractivity contribution is 9.09. The molecule has 3 aliphatic heterocycles. The first-order valence-electron chi connectivity index (χ1n) is 9.71. The van der Waals surface area contributed by atoms with Crippen molar-refractivity contribution in [3.8, 4) is 0 Å². The van der Waals surface area contributed by atoms with Crippen LogP contribution in [0.3, 0.4) is 0 Å². The van der Waals surface area contributed by atoms with Gasteiger partial charge in [-0.25, -0.2) is 4.98 Å². The number of piperazine rings is 1. The summed E-state index contributed by atoms with van der Waals surface area (Å²) in [4.78, 5) is 12.0. The van der Waals surface area contributed by atoms with E-state index in [1.54, 1.807) is 0 Å². The van der Waals surface area contributed by atoms with Gasteiger partial charge in [0.15, 0.2) is 0 Å². The zero-order valence-electron chi connectivity index (χ0n) is 16.0. The van der Waals surface area contributed by atoms with Gasteiger partial charge in [-0.2, -0.15) is 0 Å². The van der Waals surface area contributed by atoms with Crippen LogP contribution in [-0.4, -0.2) is 71.7 Å². The molecular weight excluding hydrogens is 406 g/mol. The van der Waals surface area contributed by atoms with Crippen LogP contribution in [0.4, 0.5) is 11.5 Å². The number of alkyl halides is 1. The Morgan fingerprint density at radius 3 is 2.81 bits per heavy atom. The van der Waals surface area contributed by atoms with Crippen LogP contribution in [0, 0.1) is 0 Å². The molecule has 0 aromatic carbocycles. The Hall–Kier alpha value is -1.57. The van der Waals surface area contributed by atoms with Gasteiger partial charge in [-0.1, -0.05) is 22.9 Å². The molecule has 6 nitrogen and oxygen atoms in total. The summed E-state index contributed by atoms with van der Waals surface area (Å²) in [5.41, 5.74) is 2.30. The molecule has 0 aliphatic carbocycles. The summed E-state index contributed by atoms with van der Waals surface area (Å²) in [6.07, 6.45) is 9.29. The normalized spacial score (nSPS) is 26.7. The van der Waals surface area contributed by atoms with E-state index in [1.807, 2.05) is 25.5 Å². The average molecular weight is 434 g/mol. The molecule has 1 aromatic heterocycles. The lowest BCUT2D eigenvalue weighted by Gasteiger charge is -2.47. The van der Waals surface area contributed by atoms with Crippen LogP contribution >= 0.6 is 15.9 Å². The van der Waals surface area contributed by atoms with Crippen molar-refractivity contribution < 1.29 is 4.74 Å². The lowest BCUT2D eigenvalue weighted by Crippen LogP contribution is -2.60. The van der Waals surface area contributed by atoms with Gasteiger partial charge in [0, 0.05) is 38.9 Å². The van der Waals surface area contributed by atoms with Crippen LogP contribution in [0.5, 0.6) is 0 Å². The number of nitrogens with one attached hydrogen (secondary N) is 1. The zero-order chi connectivity index (χ0) is 18.8. The number of rotatable bonds is 5. The first kappa shape index (κ1) is 18.8. The van der Waals surface area contributed by atoms with Gasteiger partial charge in [0.2, 0.25) is 0 Å². The van der Waals surface area contributed by atoms with Crippen LogP contribution in [0.2, 0.25) is 0 Å². The summed E-state index contributed by atoms with van der Waals surface area (Å²) in [5, 5.41) is 3.42. The maximum absolute atomic E-state index is 5.37. The van der Waals surface area contributed by atoms with Gasteiger partial charge in [-0.15, -0.1) is 0 Å². The molecule has 0 radical (unpaired) electrons. The van der Waals surface area contributed by atoms with Crippen molar-refractivity contribution in [2.45, 2.75) is 30.4 Å². The topological polar surface area (TPSA) is 43.9 Å². The maximum Gasteiger partial charge on any atom is 0.130 e. The number of allylic oxidation sites excluding steroid dienone is 2. The third kappa shape index (κ3) is 4.00. The number of hydrogen-bond donors (Lipinski definition) is 1. The van der Waals surface area contributed by atoms with Gasteiger partial charge < -0.3 is 19.9 Å². The summed E-state index contributed by atoms with van der Waals surface area (Å²) < 4.78 is 5.37. The first-order chi connectivity index (χ1) is 13.2. The SMILES string of the molecule is CCC1CN(C2COC2)CCN1c1ccc(NC2=CC=CN(C)C2Br)nc1. The molecule has 7 heteroatoms. The number of likely N-dealkylation sites (N-methyl/N-ethyl adjacent to an activating group) is 1. The van der Waals surface area contributed by atoms with Crippen molar-refractivity contribution in [2.24, 2.45) is 0 Å². The third-order valence-corrected chi connectivity index (χ3v) is 6.82. The highest BCUT2D eigenvalue weighted by Gasteiger charge is 2.33. The van der Waals surface area contributed by atoms with Crippen LogP contribution in [-0.2, 0) is 4.74 Å². The van der Waals surface area contributed by atoms with E-state index in [0.717, 1.165) is 50.8 Å². The van der Waals surface area contributed by atoms with E-state index in [0.29, 0.717) is 12.1 Å². The number of pyridine rings is 1. The highest BCUT2D eigenvalue weighted by atomic mass is 79.9. The molecule has 1 N–H and O–H groups in total. The molecule has 2 fully saturated rings. The Morgan fingerprint density at radius 2 is 2.15 bits per heavy atom. The van der Waals surface area contributed by atoms with E-state index in [2.05, 4.69) is 66.1 Å². The van der Waals surface area contributed by atoms with Crippen LogP contribution in [0.15, 0.2) is 42.4 Å². The standard InChI is InChI=1S/C20H28BrN5O/c1-3-15-12-25(17-13-27-14-17)9-10-26(15)16-6-7-19(22-11-16)23-18-5-4-8-24(2)20(18)21/h4-8,11,15,17,20H,3,9-10,12-14H2,1-2H3,(H,22,23). The van der Waals surface area contributed by atoms with Crippen LogP contribution < -0.4 is 10.2 Å². The van der Waals surface area contributed by atoms with Crippen molar-refractivity contribution in [1.29, 1.82) is 0 Å². The summed E-state index contributed by atoms with van der Waals surface area (Å²) in [6.45, 7) is 7.33. The minimum atomic E-state index is 0.136. The maximum atomic E-state index is 5.37. The lowest BCUT2D eigenvalue weighted by atomic mass is 10.1. The molecular formula is C20H28BrN5O. The smallest absolute Gasteiger partial charge is 0.130 e. The molecule has 27 heavy (non-hydrogen) atoms. The molecule has 0 bridgehead atoms. The minimum absolute atomic E-state index is 0.136. The fraction of sp³-hybridized carbons (Fsp3) is 0.550. The van der Waals surface area contributed by atoms with E-state index in [4.69, 9.17) is 4.74 Å². The number of anilines is 2. The number of aromatic nitrogens is 1. The van der Waals surface area contributed by atoms with Crippen LogP contribution in [0.25, 0.3) is 0 Å². The predicted octanol–water partition coefficient (Wildman–Crippen LogP) is 2.86. The molecule has 146 valence electrons. The Balaban J connectivity index is 1.41. The molecule has 0 saturated carbocycles. The largest absolute Gasteiger partial charge is 0.378 e. The van der Waals surface area contributed by atoms with E-state index >= 15 is 0 Å². The number of halogens is 1. The van der Waals surface area contributed by atoms with Gasteiger partial charge in [-0.05, 0) is 30.7 Å². The summed E-state index contributed by atoms with van der Waals surface area (Å²) in [6, 6.07) is 5.42. The Labute approximate surface area is 170 Å². The van der Waals surface area contributed by atoms with Gasteiger partial charge in [0.1, 0.15) is 10.8 Å². The molecule has 2 saturated heterocycles. The molecule has 4 heterocycles. The van der Waals surface area contributed by atoms with E-state index in [9.17, 15) is 0 Å². The molecule has 2 unspecified atom stereocenters. The van der Waals surface area contributed by atoms with Gasteiger partial charge in [0.05, 0.1) is 36.8 Å². The fourth-order valence-electron chi connectivity index (χ4n) is 3.87. The molecule has 4 rings (SSSR count). The molecule has 1 aromatic rings. The Morgan fingerprint density at radius 1 is 1.30 bits per heavy atom. The molecule has 0 spiro atoms.